The number of pyridine rings is 1. The van der Waals surface area contributed by atoms with E-state index in [0.29, 0.717) is 17.2 Å². The zero-order chi connectivity index (χ0) is 12.8. The molecular weight excluding hydrogens is 250 g/mol. The van der Waals surface area contributed by atoms with Gasteiger partial charge < -0.3 is 0 Å². The fourth-order valence-corrected chi connectivity index (χ4v) is 1.83. The van der Waals surface area contributed by atoms with Crippen molar-refractivity contribution in [2.45, 2.75) is 0 Å². The zero-order valence-corrected chi connectivity index (χ0v) is 9.30. The highest BCUT2D eigenvalue weighted by Gasteiger charge is 2.11. The van der Waals surface area contributed by atoms with Crippen LogP contribution in [-0.2, 0) is 0 Å². The Morgan fingerprint density at radius 2 is 2.11 bits per heavy atom. The lowest BCUT2D eigenvalue weighted by Crippen LogP contribution is -2.21. The summed E-state index contributed by atoms with van der Waals surface area (Å²) in [6, 6.07) is 1.69. The Morgan fingerprint density at radius 3 is 2.95 bits per heavy atom. The number of rotatable bonds is 1. The normalized spacial score (nSPS) is 11.4. The average molecular weight is 255 g/mol. The Bertz CT molecular complexity index is 935. The molecule has 0 bridgehead atoms. The highest BCUT2D eigenvalue weighted by molar-refractivity contribution is 5.74. The number of nitrogens with one attached hydrogen (secondary N) is 1. The molecule has 0 fully saturated rings. The first kappa shape index (κ1) is 9.82. The molecule has 0 aromatic carbocycles. The van der Waals surface area contributed by atoms with E-state index in [1.54, 1.807) is 12.3 Å². The van der Waals surface area contributed by atoms with Crippen LogP contribution in [-0.4, -0.2) is 44.5 Å². The number of hydrogen-bond donors (Lipinski definition) is 1. The minimum atomic E-state index is -0.362. The minimum absolute atomic E-state index is 0.178. The molecule has 4 aromatic rings. The van der Waals surface area contributed by atoms with E-state index in [-0.39, 0.29) is 11.1 Å². The SMILES string of the molecule is O=c1c2nnc3ncnn3c2ccn1-c1ncn[nH]1. The first-order chi connectivity index (χ1) is 9.34. The Balaban J connectivity index is 2.14. The molecule has 10 heteroatoms. The summed E-state index contributed by atoms with van der Waals surface area (Å²) in [5, 5.41) is 18.0. The Kier molecular flexibility index (Phi) is 1.76. The molecule has 0 saturated carbocycles. The van der Waals surface area contributed by atoms with Crippen molar-refractivity contribution >= 4 is 16.8 Å². The number of H-pyrrole nitrogens is 1. The van der Waals surface area contributed by atoms with E-state index in [9.17, 15) is 4.79 Å². The fourth-order valence-electron chi connectivity index (χ4n) is 1.83. The standard InChI is InChI=1S/C9H5N9O/c19-7-6-5(18-9(16-14-6)11-4-13-18)1-2-17(7)8-10-3-12-15-8/h1-4H,(H,10,12,15). The van der Waals surface area contributed by atoms with Gasteiger partial charge in [0.2, 0.25) is 5.95 Å². The van der Waals surface area contributed by atoms with Gasteiger partial charge in [0.25, 0.3) is 11.3 Å². The molecule has 92 valence electrons. The number of fused-ring (bicyclic) bond motifs is 3. The summed E-state index contributed by atoms with van der Waals surface area (Å²) in [5.74, 6) is 0.650. The fraction of sp³-hybridized carbons (Fsp3) is 0. The van der Waals surface area contributed by atoms with Gasteiger partial charge in [0.15, 0.2) is 5.52 Å². The molecule has 0 aliphatic rings. The van der Waals surface area contributed by atoms with Crippen LogP contribution in [0.3, 0.4) is 0 Å². The van der Waals surface area contributed by atoms with E-state index >= 15 is 0 Å². The molecule has 1 N–H and O–H groups in total. The van der Waals surface area contributed by atoms with Gasteiger partial charge in [-0.3, -0.25) is 9.36 Å². The van der Waals surface area contributed by atoms with E-state index in [1.165, 1.54) is 21.7 Å². The summed E-state index contributed by atoms with van der Waals surface area (Å²) < 4.78 is 2.75. The lowest BCUT2D eigenvalue weighted by Gasteiger charge is -2.02. The molecule has 4 heterocycles. The van der Waals surface area contributed by atoms with Gasteiger partial charge in [-0.05, 0) is 6.07 Å². The van der Waals surface area contributed by atoms with Gasteiger partial charge in [-0.15, -0.1) is 10.2 Å². The maximum atomic E-state index is 12.3. The summed E-state index contributed by atoms with van der Waals surface area (Å²) >= 11 is 0. The predicted molar refractivity (Wildman–Crippen MR) is 61.6 cm³/mol. The van der Waals surface area contributed by atoms with Gasteiger partial charge in [-0.1, -0.05) is 0 Å². The maximum absolute atomic E-state index is 12.3. The number of hydrogen-bond acceptors (Lipinski definition) is 7. The van der Waals surface area contributed by atoms with Gasteiger partial charge >= 0.3 is 0 Å². The van der Waals surface area contributed by atoms with E-state index in [4.69, 9.17) is 0 Å². The first-order valence-corrected chi connectivity index (χ1v) is 5.28. The van der Waals surface area contributed by atoms with Gasteiger partial charge in [0.1, 0.15) is 18.2 Å². The summed E-state index contributed by atoms with van der Waals surface area (Å²) in [5.41, 5.74) is 0.347. The van der Waals surface area contributed by atoms with Crippen molar-refractivity contribution in [1.82, 2.24) is 44.5 Å². The zero-order valence-electron chi connectivity index (χ0n) is 9.30. The van der Waals surface area contributed by atoms with Crippen LogP contribution in [0.15, 0.2) is 29.7 Å². The third-order valence-corrected chi connectivity index (χ3v) is 2.67. The molecule has 0 radical (unpaired) electrons. The molecule has 0 atom stereocenters. The van der Waals surface area contributed by atoms with Crippen LogP contribution in [0.25, 0.3) is 22.8 Å². The molecule has 4 aromatic heterocycles. The first-order valence-electron chi connectivity index (χ1n) is 5.28. The van der Waals surface area contributed by atoms with Crippen LogP contribution in [0.4, 0.5) is 0 Å². The minimum Gasteiger partial charge on any atom is -0.266 e. The van der Waals surface area contributed by atoms with Crippen molar-refractivity contribution in [2.24, 2.45) is 0 Å². The number of nitrogens with zero attached hydrogens (tertiary/aromatic N) is 8. The van der Waals surface area contributed by atoms with E-state index in [2.05, 4.69) is 35.5 Å². The highest BCUT2D eigenvalue weighted by atomic mass is 16.1. The lowest BCUT2D eigenvalue weighted by molar-refractivity contribution is 0.876. The van der Waals surface area contributed by atoms with E-state index in [1.807, 2.05) is 0 Å². The number of aromatic nitrogens is 9. The van der Waals surface area contributed by atoms with Crippen LogP contribution in [0.2, 0.25) is 0 Å². The van der Waals surface area contributed by atoms with Crippen molar-refractivity contribution in [1.29, 1.82) is 0 Å². The monoisotopic (exact) mass is 255 g/mol. The second-order valence-corrected chi connectivity index (χ2v) is 3.71. The lowest BCUT2D eigenvalue weighted by atomic mass is 10.4. The molecule has 0 aliphatic carbocycles. The molecule has 0 aliphatic heterocycles. The summed E-state index contributed by atoms with van der Waals surface area (Å²) in [7, 11) is 0. The van der Waals surface area contributed by atoms with Crippen LogP contribution in [0.1, 0.15) is 0 Å². The van der Waals surface area contributed by atoms with Crippen molar-refractivity contribution in [3.63, 3.8) is 0 Å². The predicted octanol–water partition coefficient (Wildman–Crippen LogP) is -1.06. The molecule has 10 nitrogen and oxygen atoms in total. The van der Waals surface area contributed by atoms with Gasteiger partial charge in [-0.2, -0.15) is 24.7 Å². The summed E-state index contributed by atoms with van der Waals surface area (Å²) in [4.78, 5) is 20.1. The van der Waals surface area contributed by atoms with Crippen molar-refractivity contribution in [2.75, 3.05) is 0 Å². The summed E-state index contributed by atoms with van der Waals surface area (Å²) in [6.45, 7) is 0. The largest absolute Gasteiger partial charge is 0.287 e. The molecular formula is C9H5N9O. The third-order valence-electron chi connectivity index (χ3n) is 2.67. The third kappa shape index (κ3) is 1.27. The van der Waals surface area contributed by atoms with Crippen LogP contribution in [0, 0.1) is 0 Å². The summed E-state index contributed by atoms with van der Waals surface area (Å²) in [6.07, 6.45) is 4.23. The van der Waals surface area contributed by atoms with Crippen LogP contribution < -0.4 is 5.56 Å². The maximum Gasteiger partial charge on any atom is 0.287 e. The molecule has 19 heavy (non-hydrogen) atoms. The van der Waals surface area contributed by atoms with Crippen molar-refractivity contribution < 1.29 is 0 Å². The second kappa shape index (κ2) is 3.41. The molecule has 0 amide bonds. The van der Waals surface area contributed by atoms with Crippen LogP contribution in [0.5, 0.6) is 0 Å². The number of aromatic amines is 1. The topological polar surface area (TPSA) is 120 Å². The van der Waals surface area contributed by atoms with Gasteiger partial charge in [0, 0.05) is 6.20 Å². The molecule has 4 rings (SSSR count). The highest BCUT2D eigenvalue weighted by Crippen LogP contribution is 2.07. The average Bonchev–Trinajstić information content (AvgIpc) is 3.10. The van der Waals surface area contributed by atoms with Crippen LogP contribution >= 0.6 is 0 Å². The van der Waals surface area contributed by atoms with Gasteiger partial charge in [-0.25, -0.2) is 5.10 Å². The second-order valence-electron chi connectivity index (χ2n) is 3.71. The van der Waals surface area contributed by atoms with Crippen molar-refractivity contribution in [3.8, 4) is 5.95 Å². The smallest absolute Gasteiger partial charge is 0.266 e. The molecule has 0 saturated heterocycles. The molecule has 0 spiro atoms. The molecule has 0 unspecified atom stereocenters. The van der Waals surface area contributed by atoms with E-state index in [0.717, 1.165) is 0 Å². The Morgan fingerprint density at radius 1 is 1.16 bits per heavy atom. The van der Waals surface area contributed by atoms with E-state index < -0.39 is 0 Å². The van der Waals surface area contributed by atoms with Gasteiger partial charge in [0.05, 0.1) is 0 Å². The van der Waals surface area contributed by atoms with Crippen molar-refractivity contribution in [3.05, 3.63) is 35.3 Å². The Labute approximate surface area is 103 Å². The Hall–Kier alpha value is -3.17. The quantitative estimate of drug-likeness (QED) is 0.460.